The molecule has 0 aliphatic carbocycles. The lowest BCUT2D eigenvalue weighted by Gasteiger charge is -2.21. The van der Waals surface area contributed by atoms with Crippen LogP contribution >= 0.6 is 0 Å². The van der Waals surface area contributed by atoms with E-state index in [4.69, 9.17) is 15.2 Å². The molecule has 17 heavy (non-hydrogen) atoms. The van der Waals surface area contributed by atoms with Crippen molar-refractivity contribution >= 4 is 5.82 Å². The fraction of sp³-hybridized carbons (Fsp3) is 0.556. The second kappa shape index (κ2) is 3.42. The van der Waals surface area contributed by atoms with Gasteiger partial charge in [-0.2, -0.15) is 4.98 Å². The van der Waals surface area contributed by atoms with Crippen LogP contribution in [0.25, 0.3) is 0 Å². The molecule has 4 unspecified atom stereocenters. The number of aliphatic hydroxyl groups excluding tert-OH is 2. The molecule has 0 radical (unpaired) electrons. The lowest BCUT2D eigenvalue weighted by Crippen LogP contribution is -2.39. The van der Waals surface area contributed by atoms with Crippen molar-refractivity contribution in [2.75, 3.05) is 12.3 Å². The zero-order valence-corrected chi connectivity index (χ0v) is 8.68. The third kappa shape index (κ3) is 1.42. The Morgan fingerprint density at radius 3 is 3.00 bits per heavy atom. The molecule has 1 aromatic heterocycles. The summed E-state index contributed by atoms with van der Waals surface area (Å²) in [6, 6.07) is 1.38. The number of nitrogens with two attached hydrogens (primary N) is 1. The number of nitrogen functional groups attached to an aromatic ring is 1. The summed E-state index contributed by atoms with van der Waals surface area (Å²) in [5.41, 5.74) is 4.75. The van der Waals surface area contributed by atoms with Crippen molar-refractivity contribution < 1.29 is 19.7 Å². The van der Waals surface area contributed by atoms with E-state index in [9.17, 15) is 15.0 Å². The van der Waals surface area contributed by atoms with Crippen molar-refractivity contribution in [1.82, 2.24) is 9.55 Å². The van der Waals surface area contributed by atoms with E-state index in [2.05, 4.69) is 4.98 Å². The van der Waals surface area contributed by atoms with Crippen LogP contribution in [-0.4, -0.2) is 44.7 Å². The van der Waals surface area contributed by atoms with Crippen molar-refractivity contribution in [2.24, 2.45) is 0 Å². The first-order chi connectivity index (χ1) is 8.08. The van der Waals surface area contributed by atoms with Gasteiger partial charge in [0.05, 0.1) is 0 Å². The maximum absolute atomic E-state index is 11.7. The molecule has 92 valence electrons. The molecular weight excluding hydrogens is 230 g/mol. The van der Waals surface area contributed by atoms with E-state index < -0.39 is 30.2 Å². The van der Waals surface area contributed by atoms with Gasteiger partial charge in [-0.05, 0) is 0 Å². The van der Waals surface area contributed by atoms with Gasteiger partial charge in [0.2, 0.25) is 5.88 Å². The average Bonchev–Trinajstić information content (AvgIpc) is 2.49. The van der Waals surface area contributed by atoms with Gasteiger partial charge in [-0.15, -0.1) is 0 Å². The van der Waals surface area contributed by atoms with Gasteiger partial charge in [-0.3, -0.25) is 0 Å². The Balaban J connectivity index is 2.17. The molecule has 1 saturated heterocycles. The Labute approximate surface area is 95.2 Å². The van der Waals surface area contributed by atoms with Crippen molar-refractivity contribution in [3.05, 3.63) is 16.6 Å². The Morgan fingerprint density at radius 1 is 1.47 bits per heavy atom. The van der Waals surface area contributed by atoms with Crippen molar-refractivity contribution in [3.63, 3.8) is 0 Å². The summed E-state index contributed by atoms with van der Waals surface area (Å²) < 4.78 is 11.7. The summed E-state index contributed by atoms with van der Waals surface area (Å²) in [5, 5.41) is 19.4. The normalized spacial score (nSPS) is 34.9. The summed E-state index contributed by atoms with van der Waals surface area (Å²) in [6.45, 7) is 0.0393. The van der Waals surface area contributed by atoms with Crippen LogP contribution < -0.4 is 16.2 Å². The molecule has 1 fully saturated rings. The maximum Gasteiger partial charge on any atom is 0.354 e. The van der Waals surface area contributed by atoms with E-state index >= 15 is 0 Å². The molecule has 0 aromatic carbocycles. The van der Waals surface area contributed by atoms with Gasteiger partial charge in [0, 0.05) is 6.07 Å². The van der Waals surface area contributed by atoms with Crippen molar-refractivity contribution in [2.45, 2.75) is 24.5 Å². The first-order valence-electron chi connectivity index (χ1n) is 5.11. The molecule has 2 aliphatic rings. The lowest BCUT2D eigenvalue weighted by molar-refractivity contribution is -0.0336. The van der Waals surface area contributed by atoms with Crippen LogP contribution in [0.15, 0.2) is 10.9 Å². The summed E-state index contributed by atoms with van der Waals surface area (Å²) in [5.74, 6) is 0.218. The largest absolute Gasteiger partial charge is 0.476 e. The minimum Gasteiger partial charge on any atom is -0.476 e. The average molecular weight is 241 g/mol. The predicted octanol–water partition coefficient (Wildman–Crippen LogP) is -2.16. The van der Waals surface area contributed by atoms with Crippen LogP contribution in [0.5, 0.6) is 5.88 Å². The zero-order valence-electron chi connectivity index (χ0n) is 8.68. The number of ether oxygens (including phenoxy) is 2. The van der Waals surface area contributed by atoms with Crippen LogP contribution in [0.1, 0.15) is 6.23 Å². The summed E-state index contributed by atoms with van der Waals surface area (Å²) >= 11 is 0. The highest BCUT2D eigenvalue weighted by Crippen LogP contribution is 2.34. The van der Waals surface area contributed by atoms with Gasteiger partial charge >= 0.3 is 5.69 Å². The molecule has 0 amide bonds. The van der Waals surface area contributed by atoms with Crippen LogP contribution in [0, 0.1) is 0 Å². The van der Waals surface area contributed by atoms with Gasteiger partial charge in [-0.1, -0.05) is 0 Å². The number of fused-ring (bicyclic) bond motifs is 4. The van der Waals surface area contributed by atoms with Crippen molar-refractivity contribution in [3.8, 4) is 5.88 Å². The van der Waals surface area contributed by atoms with Crippen LogP contribution in [0.3, 0.4) is 0 Å². The molecule has 0 saturated carbocycles. The Hall–Kier alpha value is -1.64. The first kappa shape index (κ1) is 10.5. The highest BCUT2D eigenvalue weighted by Gasteiger charge is 2.47. The fourth-order valence-electron chi connectivity index (χ4n) is 2.08. The zero-order chi connectivity index (χ0) is 12.2. The van der Waals surface area contributed by atoms with Crippen LogP contribution in [-0.2, 0) is 4.74 Å². The number of hydrogen-bond donors (Lipinski definition) is 3. The summed E-state index contributed by atoms with van der Waals surface area (Å²) in [4.78, 5) is 15.2. The molecule has 2 aliphatic heterocycles. The molecule has 4 N–H and O–H groups in total. The third-order valence-electron chi connectivity index (χ3n) is 2.93. The fourth-order valence-corrected chi connectivity index (χ4v) is 2.08. The maximum atomic E-state index is 11.7. The third-order valence-corrected chi connectivity index (χ3v) is 2.93. The first-order valence-corrected chi connectivity index (χ1v) is 5.11. The van der Waals surface area contributed by atoms with Gasteiger partial charge in [0.1, 0.15) is 30.7 Å². The molecule has 8 heteroatoms. The highest BCUT2D eigenvalue weighted by atomic mass is 16.6. The molecule has 4 atom stereocenters. The summed E-state index contributed by atoms with van der Waals surface area (Å²) in [7, 11) is 0. The second-order valence-electron chi connectivity index (χ2n) is 4.03. The topological polar surface area (TPSA) is 120 Å². The van der Waals surface area contributed by atoms with E-state index in [1.54, 1.807) is 0 Å². The van der Waals surface area contributed by atoms with Crippen LogP contribution in [0.4, 0.5) is 5.82 Å². The van der Waals surface area contributed by atoms with E-state index in [1.807, 2.05) is 0 Å². The minimum atomic E-state index is -1.19. The molecular formula is C9H11N3O5. The second-order valence-corrected chi connectivity index (χ2v) is 4.03. The van der Waals surface area contributed by atoms with Gasteiger partial charge in [0.15, 0.2) is 6.23 Å². The molecule has 0 spiro atoms. The Bertz CT molecular complexity index is 516. The van der Waals surface area contributed by atoms with E-state index in [0.29, 0.717) is 0 Å². The Morgan fingerprint density at radius 2 is 2.24 bits per heavy atom. The van der Waals surface area contributed by atoms with E-state index in [-0.39, 0.29) is 18.3 Å². The smallest absolute Gasteiger partial charge is 0.354 e. The van der Waals surface area contributed by atoms with Gasteiger partial charge in [0.25, 0.3) is 0 Å². The molecule has 1 aromatic rings. The minimum absolute atomic E-state index is 0.0362. The van der Waals surface area contributed by atoms with Gasteiger partial charge in [-0.25, -0.2) is 9.36 Å². The van der Waals surface area contributed by atoms with Gasteiger partial charge < -0.3 is 25.4 Å². The number of nitrogens with zero attached hydrogens (tertiary/aromatic N) is 2. The number of anilines is 1. The van der Waals surface area contributed by atoms with Crippen LogP contribution in [0.2, 0.25) is 0 Å². The SMILES string of the molecule is Nc1cc2n(c(=O)n1)C1OC(CO2)C(O)C1O. The number of aromatic nitrogens is 2. The highest BCUT2D eigenvalue weighted by molar-refractivity contribution is 5.32. The predicted molar refractivity (Wildman–Crippen MR) is 54.3 cm³/mol. The van der Waals surface area contributed by atoms with E-state index in [0.717, 1.165) is 4.57 Å². The quantitative estimate of drug-likeness (QED) is 0.473. The number of hydrogen-bond acceptors (Lipinski definition) is 7. The monoisotopic (exact) mass is 241 g/mol. The molecule has 3 rings (SSSR count). The Kier molecular flexibility index (Phi) is 2.12. The van der Waals surface area contributed by atoms with E-state index in [1.165, 1.54) is 6.07 Å². The molecule has 2 bridgehead atoms. The number of aliphatic hydroxyl groups is 2. The summed E-state index contributed by atoms with van der Waals surface area (Å²) in [6.07, 6.45) is -3.94. The molecule has 3 heterocycles. The lowest BCUT2D eigenvalue weighted by atomic mass is 10.1. The van der Waals surface area contributed by atoms with Crippen molar-refractivity contribution in [1.29, 1.82) is 0 Å². The number of rotatable bonds is 0. The standard InChI is InChI=1S/C9H11N3O5/c10-4-1-5-12(9(15)11-4)8-7(14)6(13)3(17-8)2-16-5/h1,3,6-8,13-14H,2H2,(H2,10,11,15). The molecule has 8 nitrogen and oxygen atoms in total.